The summed E-state index contributed by atoms with van der Waals surface area (Å²) in [5, 5.41) is 6.47. The van der Waals surface area contributed by atoms with Crippen molar-refractivity contribution >= 4 is 29.6 Å². The number of hydrazone groups is 1. The summed E-state index contributed by atoms with van der Waals surface area (Å²) in [6.45, 7) is 2.69. The Labute approximate surface area is 141 Å². The van der Waals surface area contributed by atoms with Gasteiger partial charge in [0.1, 0.15) is 0 Å². The second kappa shape index (κ2) is 8.81. The molecule has 1 heterocycles. The average molecular weight is 330 g/mol. The first-order valence-electron chi connectivity index (χ1n) is 8.06. The highest BCUT2D eigenvalue weighted by atomic mass is 16.2. The molecule has 1 fully saturated rings. The van der Waals surface area contributed by atoms with E-state index in [0.717, 1.165) is 31.2 Å². The third kappa shape index (κ3) is 5.49. The molecule has 2 rings (SSSR count). The van der Waals surface area contributed by atoms with Gasteiger partial charge >= 0.3 is 11.8 Å². The van der Waals surface area contributed by atoms with Crippen LogP contribution < -0.4 is 10.7 Å². The molecule has 0 unspecified atom stereocenters. The number of nitrogens with zero attached hydrogens (tertiary/aromatic N) is 2. The highest BCUT2D eigenvalue weighted by Gasteiger charge is 2.22. The summed E-state index contributed by atoms with van der Waals surface area (Å²) in [7, 11) is 0. The van der Waals surface area contributed by atoms with Gasteiger partial charge < -0.3 is 10.2 Å². The highest BCUT2D eigenvalue weighted by molar-refractivity contribution is 6.35. The standard InChI is InChI=1S/C17H22N4O3/c1-13(22)19-15-8-6-14(7-9-15)12-18-20-16(23)17(24)21-10-4-2-3-5-11-21/h6-9,12H,2-5,10-11H2,1H3,(H,19,22)(H,20,23). The van der Waals surface area contributed by atoms with Gasteiger partial charge in [0.05, 0.1) is 6.21 Å². The summed E-state index contributed by atoms with van der Waals surface area (Å²) in [4.78, 5) is 36.4. The molecule has 1 aromatic rings. The van der Waals surface area contributed by atoms with Gasteiger partial charge in [-0.3, -0.25) is 14.4 Å². The van der Waals surface area contributed by atoms with Crippen molar-refractivity contribution < 1.29 is 14.4 Å². The van der Waals surface area contributed by atoms with Crippen molar-refractivity contribution in [2.75, 3.05) is 18.4 Å². The number of hydrogen-bond donors (Lipinski definition) is 2. The summed E-state index contributed by atoms with van der Waals surface area (Å²) >= 11 is 0. The van der Waals surface area contributed by atoms with Crippen LogP contribution in [-0.4, -0.2) is 41.9 Å². The van der Waals surface area contributed by atoms with E-state index in [1.54, 1.807) is 29.2 Å². The molecular formula is C17H22N4O3. The third-order valence-corrected chi connectivity index (χ3v) is 3.70. The van der Waals surface area contributed by atoms with Gasteiger partial charge in [-0.25, -0.2) is 5.43 Å². The van der Waals surface area contributed by atoms with Crippen LogP contribution in [0.2, 0.25) is 0 Å². The fourth-order valence-corrected chi connectivity index (χ4v) is 2.49. The van der Waals surface area contributed by atoms with Gasteiger partial charge in [0.2, 0.25) is 5.91 Å². The Kier molecular flexibility index (Phi) is 6.48. The number of amides is 3. The third-order valence-electron chi connectivity index (χ3n) is 3.70. The van der Waals surface area contributed by atoms with Crippen LogP contribution in [0.4, 0.5) is 5.69 Å². The van der Waals surface area contributed by atoms with Crippen LogP contribution >= 0.6 is 0 Å². The molecule has 7 heteroatoms. The molecule has 1 saturated heterocycles. The van der Waals surface area contributed by atoms with Crippen LogP contribution in [0.25, 0.3) is 0 Å². The normalized spacial score (nSPS) is 15.0. The number of nitrogens with one attached hydrogen (secondary N) is 2. The first-order chi connectivity index (χ1) is 11.6. The zero-order valence-corrected chi connectivity index (χ0v) is 13.7. The molecule has 1 aliphatic heterocycles. The number of likely N-dealkylation sites (tertiary alicyclic amines) is 1. The van der Waals surface area contributed by atoms with Crippen LogP contribution in [0.3, 0.4) is 0 Å². The molecule has 0 spiro atoms. The molecule has 0 bridgehead atoms. The quantitative estimate of drug-likeness (QED) is 0.500. The number of hydrogen-bond acceptors (Lipinski definition) is 4. The minimum Gasteiger partial charge on any atom is -0.334 e. The molecular weight excluding hydrogens is 308 g/mol. The molecule has 2 N–H and O–H groups in total. The van der Waals surface area contributed by atoms with Crippen molar-refractivity contribution in [1.29, 1.82) is 0 Å². The Balaban J connectivity index is 1.84. The van der Waals surface area contributed by atoms with Gasteiger partial charge in [-0.2, -0.15) is 5.10 Å². The van der Waals surface area contributed by atoms with Crippen LogP contribution in [-0.2, 0) is 14.4 Å². The lowest BCUT2D eigenvalue weighted by Crippen LogP contribution is -2.41. The van der Waals surface area contributed by atoms with Crippen molar-refractivity contribution in [3.8, 4) is 0 Å². The topological polar surface area (TPSA) is 90.9 Å². The van der Waals surface area contributed by atoms with Crippen molar-refractivity contribution in [2.45, 2.75) is 32.6 Å². The number of anilines is 1. The molecule has 3 amide bonds. The Hall–Kier alpha value is -2.70. The molecule has 24 heavy (non-hydrogen) atoms. The molecule has 7 nitrogen and oxygen atoms in total. The highest BCUT2D eigenvalue weighted by Crippen LogP contribution is 2.10. The van der Waals surface area contributed by atoms with Gasteiger partial charge in [-0.1, -0.05) is 25.0 Å². The minimum absolute atomic E-state index is 0.143. The molecule has 0 aromatic heterocycles. The van der Waals surface area contributed by atoms with E-state index < -0.39 is 11.8 Å². The van der Waals surface area contributed by atoms with Crippen LogP contribution in [0.5, 0.6) is 0 Å². The van der Waals surface area contributed by atoms with E-state index in [2.05, 4.69) is 15.8 Å². The van der Waals surface area contributed by atoms with E-state index in [1.807, 2.05) is 0 Å². The van der Waals surface area contributed by atoms with E-state index in [4.69, 9.17) is 0 Å². The van der Waals surface area contributed by atoms with Gasteiger partial charge in [-0.15, -0.1) is 0 Å². The molecule has 0 saturated carbocycles. The number of carbonyl (C=O) groups excluding carboxylic acids is 3. The fourth-order valence-electron chi connectivity index (χ4n) is 2.49. The summed E-state index contributed by atoms with van der Waals surface area (Å²) in [6.07, 6.45) is 5.51. The van der Waals surface area contributed by atoms with Crippen molar-refractivity contribution in [3.63, 3.8) is 0 Å². The maximum atomic E-state index is 12.0. The Morgan fingerprint density at radius 3 is 2.25 bits per heavy atom. The summed E-state index contributed by atoms with van der Waals surface area (Å²) in [5.41, 5.74) is 3.69. The van der Waals surface area contributed by atoms with E-state index in [-0.39, 0.29) is 5.91 Å². The second-order valence-corrected chi connectivity index (χ2v) is 5.71. The van der Waals surface area contributed by atoms with Crippen molar-refractivity contribution in [1.82, 2.24) is 10.3 Å². The first-order valence-corrected chi connectivity index (χ1v) is 8.06. The van der Waals surface area contributed by atoms with E-state index >= 15 is 0 Å². The maximum absolute atomic E-state index is 12.0. The summed E-state index contributed by atoms with van der Waals surface area (Å²) < 4.78 is 0. The zero-order valence-electron chi connectivity index (χ0n) is 13.7. The molecule has 0 aliphatic carbocycles. The Bertz CT molecular complexity index is 617. The molecule has 1 aliphatic rings. The number of rotatable bonds is 3. The summed E-state index contributed by atoms with van der Waals surface area (Å²) in [6, 6.07) is 6.95. The van der Waals surface area contributed by atoms with Crippen LogP contribution in [0, 0.1) is 0 Å². The smallest absolute Gasteiger partial charge is 0.329 e. The molecule has 0 radical (unpaired) electrons. The van der Waals surface area contributed by atoms with Gasteiger partial charge in [0.25, 0.3) is 0 Å². The predicted octanol–water partition coefficient (Wildman–Crippen LogP) is 1.50. The van der Waals surface area contributed by atoms with Crippen molar-refractivity contribution in [3.05, 3.63) is 29.8 Å². The molecule has 0 atom stereocenters. The number of carbonyl (C=O) groups is 3. The first kappa shape index (κ1) is 17.7. The minimum atomic E-state index is -0.719. The average Bonchev–Trinajstić information content (AvgIpc) is 2.84. The molecule has 1 aromatic carbocycles. The van der Waals surface area contributed by atoms with E-state index in [0.29, 0.717) is 18.8 Å². The number of benzene rings is 1. The van der Waals surface area contributed by atoms with E-state index in [9.17, 15) is 14.4 Å². The lowest BCUT2D eigenvalue weighted by Gasteiger charge is -2.18. The Morgan fingerprint density at radius 1 is 1.04 bits per heavy atom. The fraction of sp³-hybridized carbons (Fsp3) is 0.412. The predicted molar refractivity (Wildman–Crippen MR) is 91.5 cm³/mol. The largest absolute Gasteiger partial charge is 0.334 e. The second-order valence-electron chi connectivity index (χ2n) is 5.71. The van der Waals surface area contributed by atoms with Crippen molar-refractivity contribution in [2.24, 2.45) is 5.10 Å². The van der Waals surface area contributed by atoms with Crippen LogP contribution in [0.15, 0.2) is 29.4 Å². The molecule has 128 valence electrons. The monoisotopic (exact) mass is 330 g/mol. The van der Waals surface area contributed by atoms with Gasteiger partial charge in [-0.05, 0) is 30.5 Å². The van der Waals surface area contributed by atoms with Gasteiger partial charge in [0.15, 0.2) is 0 Å². The SMILES string of the molecule is CC(=O)Nc1ccc(C=NNC(=O)C(=O)N2CCCCCC2)cc1. The van der Waals surface area contributed by atoms with Gasteiger partial charge in [0, 0.05) is 25.7 Å². The lowest BCUT2D eigenvalue weighted by molar-refractivity contribution is -0.145. The zero-order chi connectivity index (χ0) is 17.4. The lowest BCUT2D eigenvalue weighted by atomic mass is 10.2. The van der Waals surface area contributed by atoms with Crippen LogP contribution in [0.1, 0.15) is 38.2 Å². The maximum Gasteiger partial charge on any atom is 0.329 e. The van der Waals surface area contributed by atoms with E-state index in [1.165, 1.54) is 13.1 Å². The Morgan fingerprint density at radius 2 is 1.67 bits per heavy atom. The summed E-state index contributed by atoms with van der Waals surface area (Å²) in [5.74, 6) is -1.39.